The highest BCUT2D eigenvalue weighted by molar-refractivity contribution is 6.05. The standard InChI is InChI=1S/C29H37N3O4/c1-16-20(6-5-13-30-16)31-25(35)18-7-8-22-26(18,2)10-9-17-19-14-28(19)24(34)23(33)21(32(3)4)15-27(28)11-12-29(17,22)36-27/h5-7,9,13,19,21-24,33-34H,8,10-12,14-15H2,1-4H3,(H,31,35). The third kappa shape index (κ3) is 2.53. The summed E-state index contributed by atoms with van der Waals surface area (Å²) in [5.41, 5.74) is 2.26. The molecule has 1 aromatic rings. The molecule has 2 saturated carbocycles. The average Bonchev–Trinajstić information content (AvgIpc) is 3.36. The number of rotatable bonds is 3. The number of allylic oxidation sites excluding steroid dienone is 2. The Labute approximate surface area is 212 Å². The molecule has 2 bridgehead atoms. The van der Waals surface area contributed by atoms with Gasteiger partial charge in [0.25, 0.3) is 5.91 Å². The lowest BCUT2D eigenvalue weighted by Crippen LogP contribution is -2.67. The molecule has 4 aliphatic carbocycles. The number of nitrogens with one attached hydrogen (secondary N) is 1. The molecule has 2 aliphatic heterocycles. The van der Waals surface area contributed by atoms with Crippen molar-refractivity contribution in [2.75, 3.05) is 19.4 Å². The maximum atomic E-state index is 13.6. The summed E-state index contributed by atoms with van der Waals surface area (Å²) in [6.07, 6.45) is 9.75. The van der Waals surface area contributed by atoms with Crippen molar-refractivity contribution in [3.05, 3.63) is 47.3 Å². The predicted octanol–water partition coefficient (Wildman–Crippen LogP) is 2.97. The van der Waals surface area contributed by atoms with Gasteiger partial charge in [-0.05, 0) is 83.2 Å². The molecule has 9 atom stereocenters. The quantitative estimate of drug-likeness (QED) is 0.563. The maximum Gasteiger partial charge on any atom is 0.251 e. The largest absolute Gasteiger partial charge is 0.390 e. The van der Waals surface area contributed by atoms with Crippen molar-refractivity contribution >= 4 is 11.6 Å². The number of likely N-dealkylation sites (N-methyl/N-ethyl adjacent to an activating group) is 1. The number of amides is 1. The maximum absolute atomic E-state index is 13.6. The molecular weight excluding hydrogens is 454 g/mol. The van der Waals surface area contributed by atoms with Crippen LogP contribution >= 0.6 is 0 Å². The number of aromatic nitrogens is 1. The Balaban J connectivity index is 1.24. The van der Waals surface area contributed by atoms with E-state index in [2.05, 4.69) is 29.4 Å². The summed E-state index contributed by atoms with van der Waals surface area (Å²) in [6, 6.07) is 3.61. The molecular formula is C29H37N3O4. The Morgan fingerprint density at radius 1 is 1.22 bits per heavy atom. The van der Waals surface area contributed by atoms with Gasteiger partial charge in [0.15, 0.2) is 0 Å². The molecule has 7 heteroatoms. The molecule has 3 N–H and O–H groups in total. The summed E-state index contributed by atoms with van der Waals surface area (Å²) >= 11 is 0. The fraction of sp³-hybridized carbons (Fsp3) is 0.655. The number of nitrogens with zero attached hydrogens (tertiary/aromatic N) is 2. The lowest BCUT2D eigenvalue weighted by molar-refractivity contribution is -0.248. The van der Waals surface area contributed by atoms with Gasteiger partial charge in [-0.3, -0.25) is 9.78 Å². The van der Waals surface area contributed by atoms with Gasteiger partial charge in [0.05, 0.1) is 34.8 Å². The molecule has 6 aliphatic rings. The molecule has 7 nitrogen and oxygen atoms in total. The smallest absolute Gasteiger partial charge is 0.251 e. The lowest BCUT2D eigenvalue weighted by Gasteiger charge is -2.59. The Hall–Kier alpha value is -2.06. The molecule has 0 radical (unpaired) electrons. The first-order valence-electron chi connectivity index (χ1n) is 13.5. The minimum absolute atomic E-state index is 0.0440. The molecule has 9 unspecified atom stereocenters. The van der Waals surface area contributed by atoms with Crippen molar-refractivity contribution in [3.8, 4) is 0 Å². The number of carbonyl (C=O) groups is 1. The van der Waals surface area contributed by atoms with E-state index in [9.17, 15) is 15.0 Å². The Morgan fingerprint density at radius 3 is 2.78 bits per heavy atom. The molecule has 1 aromatic heterocycles. The van der Waals surface area contributed by atoms with Gasteiger partial charge in [-0.15, -0.1) is 0 Å². The van der Waals surface area contributed by atoms with Gasteiger partial charge in [0.1, 0.15) is 0 Å². The van der Waals surface area contributed by atoms with Crippen LogP contribution in [0.15, 0.2) is 41.6 Å². The second-order valence-corrected chi connectivity index (χ2v) is 12.7. The minimum atomic E-state index is -0.778. The first-order valence-corrected chi connectivity index (χ1v) is 13.5. The van der Waals surface area contributed by atoms with Gasteiger partial charge in [-0.25, -0.2) is 0 Å². The predicted molar refractivity (Wildman–Crippen MR) is 135 cm³/mol. The summed E-state index contributed by atoms with van der Waals surface area (Å²) in [5.74, 6) is 0.417. The fourth-order valence-electron chi connectivity index (χ4n) is 9.34. The average molecular weight is 492 g/mol. The van der Waals surface area contributed by atoms with Gasteiger partial charge < -0.3 is 25.2 Å². The van der Waals surface area contributed by atoms with Crippen molar-refractivity contribution in [3.63, 3.8) is 0 Å². The molecule has 7 rings (SSSR count). The van der Waals surface area contributed by atoms with Crippen molar-refractivity contribution in [1.82, 2.24) is 9.88 Å². The zero-order chi connectivity index (χ0) is 25.3. The number of pyridine rings is 1. The number of aliphatic hydroxyl groups is 2. The number of anilines is 1. The third-order valence-corrected chi connectivity index (χ3v) is 11.2. The van der Waals surface area contributed by atoms with Gasteiger partial charge in [0, 0.05) is 34.6 Å². The summed E-state index contributed by atoms with van der Waals surface area (Å²) in [5, 5.41) is 25.6. The van der Waals surface area contributed by atoms with E-state index in [0.717, 1.165) is 55.5 Å². The van der Waals surface area contributed by atoms with Gasteiger partial charge in [-0.1, -0.05) is 19.1 Å². The summed E-state index contributed by atoms with van der Waals surface area (Å²) < 4.78 is 7.33. The Bertz CT molecular complexity index is 1230. The van der Waals surface area contributed by atoms with Crippen LogP contribution in [-0.4, -0.2) is 69.6 Å². The zero-order valence-corrected chi connectivity index (χ0v) is 21.6. The van der Waals surface area contributed by atoms with Crippen LogP contribution in [0.5, 0.6) is 0 Å². The number of carbonyl (C=O) groups excluding carboxylic acids is 1. The monoisotopic (exact) mass is 491 g/mol. The van der Waals surface area contributed by atoms with Crippen molar-refractivity contribution in [2.45, 2.75) is 81.8 Å². The van der Waals surface area contributed by atoms with Crippen molar-refractivity contribution < 1.29 is 19.7 Å². The molecule has 2 saturated heterocycles. The first-order chi connectivity index (χ1) is 17.1. The third-order valence-electron chi connectivity index (χ3n) is 11.2. The Morgan fingerprint density at radius 2 is 2.03 bits per heavy atom. The molecule has 192 valence electrons. The van der Waals surface area contributed by atoms with E-state index >= 15 is 0 Å². The van der Waals surface area contributed by atoms with E-state index in [0.29, 0.717) is 0 Å². The first kappa shape index (κ1) is 23.1. The fourth-order valence-corrected chi connectivity index (χ4v) is 9.34. The number of hydrogen-bond acceptors (Lipinski definition) is 6. The van der Waals surface area contributed by atoms with Crippen LogP contribution < -0.4 is 5.32 Å². The SMILES string of the molecule is Cc1ncccc1NC(=O)C1=CCC2C1(C)CC=C1C3CC34C(O)C(O)C(N(C)C)CC43CCC12O3. The van der Waals surface area contributed by atoms with Crippen LogP contribution in [0.3, 0.4) is 0 Å². The summed E-state index contributed by atoms with van der Waals surface area (Å²) in [7, 11) is 3.96. The zero-order valence-electron chi connectivity index (χ0n) is 21.6. The van der Waals surface area contributed by atoms with Crippen LogP contribution in [0.1, 0.15) is 51.1 Å². The van der Waals surface area contributed by atoms with E-state index in [1.165, 1.54) is 5.57 Å². The van der Waals surface area contributed by atoms with Crippen molar-refractivity contribution in [2.24, 2.45) is 22.7 Å². The second kappa shape index (κ2) is 7.07. The molecule has 3 heterocycles. The van der Waals surface area contributed by atoms with Crippen LogP contribution in [0, 0.1) is 29.6 Å². The highest BCUT2D eigenvalue weighted by Crippen LogP contribution is 2.81. The summed E-state index contributed by atoms with van der Waals surface area (Å²) in [4.78, 5) is 19.9. The summed E-state index contributed by atoms with van der Waals surface area (Å²) in [6.45, 7) is 4.14. The van der Waals surface area contributed by atoms with Gasteiger partial charge in [0.2, 0.25) is 0 Å². The van der Waals surface area contributed by atoms with Crippen LogP contribution in [0.4, 0.5) is 5.69 Å². The van der Waals surface area contributed by atoms with E-state index in [1.807, 2.05) is 38.1 Å². The topological polar surface area (TPSA) is 94.9 Å². The molecule has 0 aromatic carbocycles. The minimum Gasteiger partial charge on any atom is -0.390 e. The van der Waals surface area contributed by atoms with E-state index < -0.39 is 17.8 Å². The number of hydrogen-bond donors (Lipinski definition) is 3. The Kier molecular flexibility index (Phi) is 4.53. The number of aryl methyl sites for hydroxylation is 1. The number of aliphatic hydroxyl groups excluding tert-OH is 2. The van der Waals surface area contributed by atoms with Crippen molar-refractivity contribution in [1.29, 1.82) is 0 Å². The van der Waals surface area contributed by atoms with Gasteiger partial charge >= 0.3 is 0 Å². The highest BCUT2D eigenvalue weighted by Gasteiger charge is 2.84. The van der Waals surface area contributed by atoms with Gasteiger partial charge in [-0.2, -0.15) is 0 Å². The lowest BCUT2D eigenvalue weighted by atomic mass is 9.57. The molecule has 1 amide bonds. The molecule has 3 spiro atoms. The van der Waals surface area contributed by atoms with Crippen LogP contribution in [0.2, 0.25) is 0 Å². The van der Waals surface area contributed by atoms with E-state index in [1.54, 1.807) is 6.20 Å². The van der Waals surface area contributed by atoms with E-state index in [4.69, 9.17) is 4.74 Å². The molecule has 4 fully saturated rings. The second-order valence-electron chi connectivity index (χ2n) is 12.7. The highest BCUT2D eigenvalue weighted by atomic mass is 16.5. The molecule has 36 heavy (non-hydrogen) atoms. The number of fused-ring (bicyclic) bond motifs is 2. The number of ether oxygens (including phenoxy) is 1. The van der Waals surface area contributed by atoms with E-state index in [-0.39, 0.29) is 40.2 Å². The normalized spacial score (nSPS) is 47.8. The van der Waals surface area contributed by atoms with Crippen LogP contribution in [0.25, 0.3) is 0 Å². The van der Waals surface area contributed by atoms with Crippen LogP contribution in [-0.2, 0) is 9.53 Å².